The molecule has 1 aliphatic heterocycles. The first kappa shape index (κ1) is 19.3. The lowest BCUT2D eigenvalue weighted by Gasteiger charge is -2.37. The smallest absolute Gasteiger partial charge is 0.234 e. The summed E-state index contributed by atoms with van der Waals surface area (Å²) in [6.45, 7) is 6.21. The zero-order valence-corrected chi connectivity index (χ0v) is 17.2. The number of benzene rings is 2. The maximum absolute atomic E-state index is 12.7. The normalized spacial score (nSPS) is 19.9. The number of anilines is 1. The molecule has 0 bridgehead atoms. The number of carbonyl (C=O) groups is 1. The molecule has 2 aliphatic rings. The molecule has 0 spiro atoms. The van der Waals surface area contributed by atoms with Crippen molar-refractivity contribution in [3.05, 3.63) is 64.2 Å². The Morgan fingerprint density at radius 2 is 1.93 bits per heavy atom. The molecule has 148 valence electrons. The number of nitrogens with one attached hydrogen (secondary N) is 1. The third-order valence-electron chi connectivity index (χ3n) is 5.96. The van der Waals surface area contributed by atoms with Crippen LogP contribution in [0.25, 0.3) is 0 Å². The van der Waals surface area contributed by atoms with Crippen molar-refractivity contribution in [1.82, 2.24) is 10.2 Å². The molecule has 2 aromatic rings. The van der Waals surface area contributed by atoms with Gasteiger partial charge >= 0.3 is 0 Å². The Morgan fingerprint density at radius 1 is 1.14 bits per heavy atom. The third kappa shape index (κ3) is 4.34. The van der Waals surface area contributed by atoms with Gasteiger partial charge in [-0.15, -0.1) is 0 Å². The molecule has 2 aromatic carbocycles. The number of hydrogen-bond acceptors (Lipinski definition) is 3. The van der Waals surface area contributed by atoms with Gasteiger partial charge in [-0.05, 0) is 55.0 Å². The van der Waals surface area contributed by atoms with E-state index in [9.17, 15) is 4.79 Å². The van der Waals surface area contributed by atoms with E-state index < -0.39 is 0 Å². The molecule has 0 radical (unpaired) electrons. The molecule has 0 aromatic heterocycles. The van der Waals surface area contributed by atoms with Crippen molar-refractivity contribution in [2.75, 3.05) is 37.6 Å². The number of fused-ring (bicyclic) bond motifs is 1. The van der Waals surface area contributed by atoms with Crippen LogP contribution in [0.3, 0.4) is 0 Å². The highest BCUT2D eigenvalue weighted by Crippen LogP contribution is 2.29. The molecular formula is C23H28ClN3O. The van der Waals surface area contributed by atoms with Gasteiger partial charge in [0, 0.05) is 36.9 Å². The van der Waals surface area contributed by atoms with Crippen LogP contribution in [-0.2, 0) is 11.2 Å². The average molecular weight is 398 g/mol. The summed E-state index contributed by atoms with van der Waals surface area (Å²) in [4.78, 5) is 17.3. The first-order valence-electron chi connectivity index (χ1n) is 10.2. The van der Waals surface area contributed by atoms with Crippen molar-refractivity contribution < 1.29 is 4.79 Å². The Morgan fingerprint density at radius 3 is 2.75 bits per heavy atom. The average Bonchev–Trinajstić information content (AvgIpc) is 2.71. The molecule has 1 fully saturated rings. The van der Waals surface area contributed by atoms with Crippen molar-refractivity contribution in [3.63, 3.8) is 0 Å². The van der Waals surface area contributed by atoms with Crippen LogP contribution in [0.4, 0.5) is 5.69 Å². The minimum absolute atomic E-state index is 0.133. The summed E-state index contributed by atoms with van der Waals surface area (Å²) in [6.07, 6.45) is 3.29. The summed E-state index contributed by atoms with van der Waals surface area (Å²) < 4.78 is 0. The topological polar surface area (TPSA) is 35.6 Å². The summed E-state index contributed by atoms with van der Waals surface area (Å²) >= 11 is 6.17. The van der Waals surface area contributed by atoms with Gasteiger partial charge in [-0.25, -0.2) is 0 Å². The van der Waals surface area contributed by atoms with Crippen molar-refractivity contribution in [2.24, 2.45) is 0 Å². The fourth-order valence-corrected chi connectivity index (χ4v) is 4.58. The van der Waals surface area contributed by atoms with Gasteiger partial charge in [-0.3, -0.25) is 9.69 Å². The predicted molar refractivity (Wildman–Crippen MR) is 115 cm³/mol. The van der Waals surface area contributed by atoms with E-state index in [4.69, 9.17) is 11.6 Å². The molecule has 1 heterocycles. The molecule has 1 N–H and O–H groups in total. The van der Waals surface area contributed by atoms with E-state index in [0.29, 0.717) is 6.54 Å². The van der Waals surface area contributed by atoms with Crippen molar-refractivity contribution in [3.8, 4) is 0 Å². The fourth-order valence-electron chi connectivity index (χ4n) is 4.42. The highest BCUT2D eigenvalue weighted by atomic mass is 35.5. The molecule has 1 saturated heterocycles. The highest BCUT2D eigenvalue weighted by molar-refractivity contribution is 6.30. The Hall–Kier alpha value is -2.04. The summed E-state index contributed by atoms with van der Waals surface area (Å²) in [5.74, 6) is 0.133. The van der Waals surface area contributed by atoms with E-state index in [1.807, 2.05) is 12.1 Å². The zero-order valence-electron chi connectivity index (χ0n) is 16.5. The minimum atomic E-state index is 0.133. The van der Waals surface area contributed by atoms with E-state index in [1.54, 1.807) is 0 Å². The van der Waals surface area contributed by atoms with Gasteiger partial charge in [0.1, 0.15) is 0 Å². The quantitative estimate of drug-likeness (QED) is 0.848. The fraction of sp³-hybridized carbons (Fsp3) is 0.435. The van der Waals surface area contributed by atoms with Gasteiger partial charge in [-0.1, -0.05) is 41.9 Å². The SMILES string of the molecule is Cc1ccc(Cl)cc1N1CCN(CC(=O)N[C@H]2CCCc3ccccc32)CC1. The first-order valence-corrected chi connectivity index (χ1v) is 10.6. The van der Waals surface area contributed by atoms with Crippen LogP contribution in [0.15, 0.2) is 42.5 Å². The standard InChI is InChI=1S/C23H28ClN3O/c1-17-9-10-19(24)15-22(17)27-13-11-26(12-14-27)16-23(28)25-21-8-4-6-18-5-2-3-7-20(18)21/h2-3,5,7,9-10,15,21H,4,6,8,11-14,16H2,1H3,(H,25,28)/t21-/m0/s1. The number of nitrogens with zero attached hydrogens (tertiary/aromatic N) is 2. The molecule has 28 heavy (non-hydrogen) atoms. The van der Waals surface area contributed by atoms with Crippen LogP contribution >= 0.6 is 11.6 Å². The van der Waals surface area contributed by atoms with Crippen molar-refractivity contribution in [1.29, 1.82) is 0 Å². The second kappa shape index (κ2) is 8.54. The second-order valence-electron chi connectivity index (χ2n) is 7.91. The number of halogens is 1. The molecule has 0 unspecified atom stereocenters. The largest absolute Gasteiger partial charge is 0.369 e. The predicted octanol–water partition coefficient (Wildman–Crippen LogP) is 3.96. The van der Waals surface area contributed by atoms with Gasteiger partial charge in [-0.2, -0.15) is 0 Å². The Kier molecular flexibility index (Phi) is 5.88. The lowest BCUT2D eigenvalue weighted by molar-refractivity contribution is -0.123. The number of aryl methyl sites for hydroxylation is 2. The Bertz CT molecular complexity index is 845. The number of rotatable bonds is 4. The minimum Gasteiger partial charge on any atom is -0.369 e. The molecular weight excluding hydrogens is 370 g/mol. The summed E-state index contributed by atoms with van der Waals surface area (Å²) in [5, 5.41) is 4.04. The van der Waals surface area contributed by atoms with Gasteiger partial charge < -0.3 is 10.2 Å². The maximum Gasteiger partial charge on any atom is 0.234 e. The van der Waals surface area contributed by atoms with Crippen LogP contribution in [-0.4, -0.2) is 43.5 Å². The van der Waals surface area contributed by atoms with Gasteiger partial charge in [0.25, 0.3) is 0 Å². The van der Waals surface area contributed by atoms with E-state index in [0.717, 1.165) is 50.5 Å². The molecule has 1 amide bonds. The lowest BCUT2D eigenvalue weighted by atomic mass is 9.88. The molecule has 1 atom stereocenters. The van der Waals surface area contributed by atoms with Gasteiger partial charge in [0.2, 0.25) is 5.91 Å². The second-order valence-corrected chi connectivity index (χ2v) is 8.34. The summed E-state index contributed by atoms with van der Waals surface area (Å²) in [7, 11) is 0. The van der Waals surface area contributed by atoms with E-state index >= 15 is 0 Å². The lowest BCUT2D eigenvalue weighted by Crippen LogP contribution is -2.50. The molecule has 0 saturated carbocycles. The van der Waals surface area contributed by atoms with Crippen LogP contribution in [0.2, 0.25) is 5.02 Å². The number of hydrogen-bond donors (Lipinski definition) is 1. The molecule has 4 nitrogen and oxygen atoms in total. The zero-order chi connectivity index (χ0) is 19.5. The van der Waals surface area contributed by atoms with Crippen LogP contribution in [0.1, 0.15) is 35.6 Å². The van der Waals surface area contributed by atoms with Crippen LogP contribution in [0.5, 0.6) is 0 Å². The summed E-state index contributed by atoms with van der Waals surface area (Å²) in [5.41, 5.74) is 5.12. The van der Waals surface area contributed by atoms with Gasteiger partial charge in [0.15, 0.2) is 0 Å². The highest BCUT2D eigenvalue weighted by Gasteiger charge is 2.24. The third-order valence-corrected chi connectivity index (χ3v) is 6.19. The summed E-state index contributed by atoms with van der Waals surface area (Å²) in [6, 6.07) is 14.7. The van der Waals surface area contributed by atoms with Gasteiger partial charge in [0.05, 0.1) is 12.6 Å². The Labute approximate surface area is 172 Å². The molecule has 1 aliphatic carbocycles. The Balaban J connectivity index is 1.31. The number of amides is 1. The van der Waals surface area contributed by atoms with Crippen molar-refractivity contribution in [2.45, 2.75) is 32.2 Å². The van der Waals surface area contributed by atoms with Crippen molar-refractivity contribution >= 4 is 23.2 Å². The van der Waals surface area contributed by atoms with E-state index in [1.165, 1.54) is 22.4 Å². The van der Waals surface area contributed by atoms with E-state index in [-0.39, 0.29) is 11.9 Å². The number of piperazine rings is 1. The number of carbonyl (C=O) groups excluding carboxylic acids is 1. The monoisotopic (exact) mass is 397 g/mol. The first-order chi connectivity index (χ1) is 13.6. The van der Waals surface area contributed by atoms with Crippen LogP contribution < -0.4 is 10.2 Å². The van der Waals surface area contributed by atoms with Crippen LogP contribution in [0, 0.1) is 6.92 Å². The van der Waals surface area contributed by atoms with E-state index in [2.05, 4.69) is 52.4 Å². The molecule has 5 heteroatoms. The maximum atomic E-state index is 12.7. The molecule has 4 rings (SSSR count).